The molecule has 2 aromatic heterocycles. The number of aromatic nitrogens is 3. The summed E-state index contributed by atoms with van der Waals surface area (Å²) >= 11 is 0. The lowest BCUT2D eigenvalue weighted by Gasteiger charge is -2.25. The van der Waals surface area contributed by atoms with E-state index in [1.807, 2.05) is 50.2 Å². The number of anilines is 1. The van der Waals surface area contributed by atoms with Gasteiger partial charge in [-0.05, 0) is 50.3 Å². The number of aromatic amines is 1. The molecule has 2 N–H and O–H groups in total. The molecule has 1 atom stereocenters. The van der Waals surface area contributed by atoms with Crippen LogP contribution < -0.4 is 5.32 Å². The van der Waals surface area contributed by atoms with E-state index in [-0.39, 0.29) is 12.1 Å². The third kappa shape index (κ3) is 2.67. The third-order valence-electron chi connectivity index (χ3n) is 5.17. The Morgan fingerprint density at radius 1 is 1.32 bits per heavy atom. The summed E-state index contributed by atoms with van der Waals surface area (Å²) in [6.07, 6.45) is 4.02. The van der Waals surface area contributed by atoms with E-state index >= 15 is 0 Å². The molecule has 130 valence electrons. The van der Waals surface area contributed by atoms with E-state index in [1.54, 1.807) is 0 Å². The smallest absolute Gasteiger partial charge is 0.322 e. The molecule has 0 spiro atoms. The van der Waals surface area contributed by atoms with Crippen LogP contribution in [0.4, 0.5) is 10.5 Å². The third-order valence-corrected chi connectivity index (χ3v) is 5.17. The van der Waals surface area contributed by atoms with Gasteiger partial charge in [0.25, 0.3) is 0 Å². The average molecular weight is 337 g/mol. The van der Waals surface area contributed by atoms with Crippen molar-refractivity contribution in [3.63, 3.8) is 0 Å². The number of carbonyl (C=O) groups is 1. The monoisotopic (exact) mass is 337 g/mol. The summed E-state index contributed by atoms with van der Waals surface area (Å²) in [4.78, 5) is 14.8. The van der Waals surface area contributed by atoms with Gasteiger partial charge in [-0.3, -0.25) is 5.10 Å². The second-order valence-corrected chi connectivity index (χ2v) is 6.83. The summed E-state index contributed by atoms with van der Waals surface area (Å²) in [5.74, 6) is 0. The van der Waals surface area contributed by atoms with Gasteiger partial charge in [-0.25, -0.2) is 4.79 Å². The number of H-pyrrole nitrogens is 1. The number of benzene rings is 1. The van der Waals surface area contributed by atoms with Crippen molar-refractivity contribution in [2.24, 2.45) is 7.05 Å². The van der Waals surface area contributed by atoms with E-state index in [4.69, 9.17) is 0 Å². The second kappa shape index (κ2) is 5.95. The molecular formula is C19H23N5O. The van der Waals surface area contributed by atoms with Crippen molar-refractivity contribution in [3.05, 3.63) is 47.4 Å². The van der Waals surface area contributed by atoms with Crippen LogP contribution in [0.15, 0.2) is 30.5 Å². The van der Waals surface area contributed by atoms with Gasteiger partial charge in [0.1, 0.15) is 0 Å². The molecule has 6 heteroatoms. The van der Waals surface area contributed by atoms with Crippen LogP contribution >= 0.6 is 0 Å². The first-order valence-corrected chi connectivity index (χ1v) is 8.69. The molecule has 0 aliphatic carbocycles. The fraction of sp³-hybridized carbons (Fsp3) is 0.368. The van der Waals surface area contributed by atoms with Crippen molar-refractivity contribution in [1.82, 2.24) is 19.7 Å². The number of aryl methyl sites for hydroxylation is 3. The number of amides is 2. The summed E-state index contributed by atoms with van der Waals surface area (Å²) in [6, 6.07) is 8.14. The molecule has 4 rings (SSSR count). The van der Waals surface area contributed by atoms with Crippen molar-refractivity contribution in [2.45, 2.75) is 32.7 Å². The van der Waals surface area contributed by atoms with E-state index in [1.165, 1.54) is 5.39 Å². The minimum absolute atomic E-state index is 0.0453. The highest BCUT2D eigenvalue weighted by molar-refractivity contribution is 5.93. The van der Waals surface area contributed by atoms with Crippen LogP contribution in [-0.2, 0) is 7.05 Å². The molecule has 3 heterocycles. The first-order valence-electron chi connectivity index (χ1n) is 8.69. The van der Waals surface area contributed by atoms with Gasteiger partial charge in [0.15, 0.2) is 0 Å². The zero-order valence-corrected chi connectivity index (χ0v) is 14.8. The molecule has 1 saturated heterocycles. The van der Waals surface area contributed by atoms with E-state index in [2.05, 4.69) is 26.1 Å². The number of likely N-dealkylation sites (tertiary alicyclic amines) is 1. The maximum Gasteiger partial charge on any atom is 0.322 e. The number of nitrogens with zero attached hydrogens (tertiary/aromatic N) is 3. The Balaban J connectivity index is 1.58. The second-order valence-electron chi connectivity index (χ2n) is 6.83. The van der Waals surface area contributed by atoms with Gasteiger partial charge in [0, 0.05) is 42.3 Å². The van der Waals surface area contributed by atoms with Crippen molar-refractivity contribution in [2.75, 3.05) is 11.9 Å². The maximum atomic E-state index is 12.9. The van der Waals surface area contributed by atoms with Crippen molar-refractivity contribution in [3.8, 4) is 0 Å². The van der Waals surface area contributed by atoms with Gasteiger partial charge in [-0.1, -0.05) is 6.07 Å². The van der Waals surface area contributed by atoms with Crippen LogP contribution in [0, 0.1) is 13.8 Å². The summed E-state index contributed by atoms with van der Waals surface area (Å²) < 4.78 is 2.06. The predicted octanol–water partition coefficient (Wildman–Crippen LogP) is 3.89. The zero-order valence-electron chi connectivity index (χ0n) is 14.8. The van der Waals surface area contributed by atoms with E-state index in [0.717, 1.165) is 47.5 Å². The number of nitrogens with one attached hydrogen (secondary N) is 2. The zero-order chi connectivity index (χ0) is 17.6. The average Bonchev–Trinajstić information content (AvgIpc) is 3.28. The molecule has 25 heavy (non-hydrogen) atoms. The largest absolute Gasteiger partial charge is 0.350 e. The summed E-state index contributed by atoms with van der Waals surface area (Å²) in [6.45, 7) is 4.79. The van der Waals surface area contributed by atoms with Crippen molar-refractivity contribution < 1.29 is 4.79 Å². The number of hydrogen-bond donors (Lipinski definition) is 2. The Kier molecular flexibility index (Phi) is 3.75. The lowest BCUT2D eigenvalue weighted by Crippen LogP contribution is -2.34. The fourth-order valence-corrected chi connectivity index (χ4v) is 3.90. The highest BCUT2D eigenvalue weighted by Gasteiger charge is 2.33. The summed E-state index contributed by atoms with van der Waals surface area (Å²) in [5, 5.41) is 11.6. The number of carbonyl (C=O) groups excluding carboxylic acids is 1. The van der Waals surface area contributed by atoms with Gasteiger partial charge >= 0.3 is 6.03 Å². The molecule has 1 aliphatic heterocycles. The van der Waals surface area contributed by atoms with Crippen LogP contribution in [0.2, 0.25) is 0 Å². The first kappa shape index (κ1) is 15.7. The quantitative estimate of drug-likeness (QED) is 0.745. The van der Waals surface area contributed by atoms with Crippen LogP contribution in [0.25, 0.3) is 10.9 Å². The molecule has 6 nitrogen and oxygen atoms in total. The van der Waals surface area contributed by atoms with Gasteiger partial charge < -0.3 is 14.8 Å². The number of hydrogen-bond acceptors (Lipinski definition) is 2. The Hall–Kier alpha value is -2.76. The van der Waals surface area contributed by atoms with E-state index in [0.29, 0.717) is 0 Å². The van der Waals surface area contributed by atoms with Gasteiger partial charge in [-0.2, -0.15) is 5.10 Å². The topological polar surface area (TPSA) is 66.0 Å². The molecule has 3 aromatic rings. The normalized spacial score (nSPS) is 17.4. The molecule has 1 aliphatic rings. The molecule has 1 aromatic carbocycles. The fourth-order valence-electron chi connectivity index (χ4n) is 3.90. The summed E-state index contributed by atoms with van der Waals surface area (Å²) in [7, 11) is 2.01. The van der Waals surface area contributed by atoms with Crippen LogP contribution in [0.1, 0.15) is 35.8 Å². The molecule has 0 bridgehead atoms. The molecule has 0 radical (unpaired) electrons. The number of rotatable bonds is 2. The molecule has 1 fully saturated rings. The Morgan fingerprint density at radius 2 is 2.16 bits per heavy atom. The number of urea groups is 1. The number of fused-ring (bicyclic) bond motifs is 1. The lowest BCUT2D eigenvalue weighted by atomic mass is 10.0. The van der Waals surface area contributed by atoms with Crippen LogP contribution in [-0.4, -0.2) is 32.2 Å². The van der Waals surface area contributed by atoms with Gasteiger partial charge in [0.2, 0.25) is 0 Å². The minimum atomic E-state index is -0.0453. The Bertz CT molecular complexity index is 919. The molecular weight excluding hydrogens is 314 g/mol. The highest BCUT2D eigenvalue weighted by Crippen LogP contribution is 2.35. The van der Waals surface area contributed by atoms with E-state index < -0.39 is 0 Å². The van der Waals surface area contributed by atoms with Crippen LogP contribution in [0.5, 0.6) is 0 Å². The van der Waals surface area contributed by atoms with Crippen molar-refractivity contribution in [1.29, 1.82) is 0 Å². The lowest BCUT2D eigenvalue weighted by molar-refractivity contribution is 0.207. The van der Waals surface area contributed by atoms with Crippen LogP contribution in [0.3, 0.4) is 0 Å². The Morgan fingerprint density at radius 3 is 2.92 bits per heavy atom. The maximum absolute atomic E-state index is 12.9. The van der Waals surface area contributed by atoms with E-state index in [9.17, 15) is 4.79 Å². The minimum Gasteiger partial charge on any atom is -0.350 e. The SMILES string of the molecule is Cc1n[nH]c(C)c1C1CCCN1C(=O)Nc1ccc2ccn(C)c2c1. The molecule has 0 saturated carbocycles. The Labute approximate surface area is 146 Å². The van der Waals surface area contributed by atoms with Gasteiger partial charge in [0.05, 0.1) is 11.7 Å². The first-order chi connectivity index (χ1) is 12.0. The predicted molar refractivity (Wildman–Crippen MR) is 98.7 cm³/mol. The standard InChI is InChI=1S/C19H23N5O/c1-12-18(13(2)22-21-12)16-5-4-9-24(16)19(25)20-15-7-6-14-8-10-23(3)17(14)11-15/h6-8,10-11,16H,4-5,9H2,1-3H3,(H,20,25)(H,21,22). The van der Waals surface area contributed by atoms with Gasteiger partial charge in [-0.15, -0.1) is 0 Å². The molecule has 2 amide bonds. The van der Waals surface area contributed by atoms with Crippen molar-refractivity contribution >= 4 is 22.6 Å². The summed E-state index contributed by atoms with van der Waals surface area (Å²) in [5.41, 5.74) is 5.12. The highest BCUT2D eigenvalue weighted by atomic mass is 16.2. The molecule has 1 unspecified atom stereocenters.